The van der Waals surface area contributed by atoms with Crippen LogP contribution in [-0.2, 0) is 0 Å². The molecule has 1 atom stereocenters. The van der Waals surface area contributed by atoms with Crippen molar-refractivity contribution in [1.82, 2.24) is 10.2 Å². The molecule has 1 amide bonds. The first-order chi connectivity index (χ1) is 11.2. The monoisotopic (exact) mass is 420 g/mol. The summed E-state index contributed by atoms with van der Waals surface area (Å²) in [6, 6.07) is 18.4. The molecule has 1 aliphatic rings. The van der Waals surface area contributed by atoms with Gasteiger partial charge in [0.1, 0.15) is 0 Å². The molecule has 0 aromatic heterocycles. The van der Waals surface area contributed by atoms with E-state index < -0.39 is 0 Å². The highest BCUT2D eigenvalue weighted by atomic mass is 127. The van der Waals surface area contributed by atoms with Gasteiger partial charge < -0.3 is 5.32 Å². The van der Waals surface area contributed by atoms with E-state index >= 15 is 0 Å². The Hall–Kier alpha value is -1.40. The Morgan fingerprint density at radius 3 is 2.52 bits per heavy atom. The van der Waals surface area contributed by atoms with Gasteiger partial charge in [-0.3, -0.25) is 9.69 Å². The minimum atomic E-state index is 0.00337. The molecular formula is C19H21IN2O. The minimum absolute atomic E-state index is 0.00337. The maximum absolute atomic E-state index is 12.4. The zero-order chi connectivity index (χ0) is 16.1. The second-order valence-electron chi connectivity index (χ2n) is 5.89. The second-order valence-corrected chi connectivity index (χ2v) is 7.14. The molecule has 1 heterocycles. The number of carbonyl (C=O) groups excluding carboxylic acids is 1. The van der Waals surface area contributed by atoms with Crippen LogP contribution in [0.25, 0.3) is 0 Å². The lowest BCUT2D eigenvalue weighted by Crippen LogP contribution is -2.36. The molecule has 23 heavy (non-hydrogen) atoms. The van der Waals surface area contributed by atoms with Gasteiger partial charge in [-0.1, -0.05) is 36.4 Å². The molecule has 3 nitrogen and oxygen atoms in total. The highest BCUT2D eigenvalue weighted by molar-refractivity contribution is 14.1. The van der Waals surface area contributed by atoms with Gasteiger partial charge in [0.25, 0.3) is 5.91 Å². The van der Waals surface area contributed by atoms with E-state index in [-0.39, 0.29) is 11.9 Å². The van der Waals surface area contributed by atoms with Crippen LogP contribution in [-0.4, -0.2) is 30.4 Å². The molecule has 0 spiro atoms. The summed E-state index contributed by atoms with van der Waals surface area (Å²) in [6.45, 7) is 2.87. The largest absolute Gasteiger partial charge is 0.350 e. The molecule has 0 radical (unpaired) electrons. The number of rotatable bonds is 5. The predicted octanol–water partition coefficient (Wildman–Crippen LogP) is 3.86. The molecule has 0 unspecified atom stereocenters. The quantitative estimate of drug-likeness (QED) is 0.746. The van der Waals surface area contributed by atoms with Crippen LogP contribution in [0.1, 0.15) is 34.8 Å². The Labute approximate surface area is 151 Å². The maximum Gasteiger partial charge on any atom is 0.251 e. The number of nitrogens with zero attached hydrogens (tertiary/aromatic N) is 1. The van der Waals surface area contributed by atoms with Gasteiger partial charge in [-0.15, -0.1) is 0 Å². The van der Waals surface area contributed by atoms with Crippen LogP contribution in [0.5, 0.6) is 0 Å². The number of halogens is 1. The molecule has 2 aromatic carbocycles. The molecule has 4 heteroatoms. The van der Waals surface area contributed by atoms with Gasteiger partial charge in [-0.25, -0.2) is 0 Å². The number of hydrogen-bond donors (Lipinski definition) is 1. The number of nitrogens with one attached hydrogen (secondary N) is 1. The van der Waals surface area contributed by atoms with Gasteiger partial charge in [0.05, 0.1) is 6.04 Å². The summed E-state index contributed by atoms with van der Waals surface area (Å²) in [5, 5.41) is 3.12. The van der Waals surface area contributed by atoms with Crippen molar-refractivity contribution >= 4 is 28.5 Å². The molecule has 1 fully saturated rings. The van der Waals surface area contributed by atoms with E-state index in [9.17, 15) is 4.79 Å². The summed E-state index contributed by atoms with van der Waals surface area (Å²) in [5.41, 5.74) is 2.00. The lowest BCUT2D eigenvalue weighted by atomic mass is 10.1. The van der Waals surface area contributed by atoms with Gasteiger partial charge in [0, 0.05) is 15.7 Å². The molecular weight excluding hydrogens is 399 g/mol. The van der Waals surface area contributed by atoms with E-state index in [1.54, 1.807) is 0 Å². The normalized spacial score (nSPS) is 16.2. The van der Waals surface area contributed by atoms with Gasteiger partial charge in [-0.2, -0.15) is 0 Å². The molecule has 1 aliphatic heterocycles. The fraction of sp³-hybridized carbons (Fsp3) is 0.316. The van der Waals surface area contributed by atoms with Crippen molar-refractivity contribution in [2.45, 2.75) is 18.9 Å². The number of carbonyl (C=O) groups is 1. The predicted molar refractivity (Wildman–Crippen MR) is 101 cm³/mol. The van der Waals surface area contributed by atoms with Gasteiger partial charge in [0.2, 0.25) is 0 Å². The van der Waals surface area contributed by atoms with E-state index in [0.717, 1.165) is 22.2 Å². The van der Waals surface area contributed by atoms with Crippen molar-refractivity contribution in [3.63, 3.8) is 0 Å². The van der Waals surface area contributed by atoms with Crippen LogP contribution in [0.4, 0.5) is 0 Å². The third kappa shape index (κ3) is 4.32. The first kappa shape index (κ1) is 16.5. The standard InChI is InChI=1S/C19H21IN2O/c20-17-10-6-9-16(13-17)19(23)21-14-18(22-11-4-5-12-22)15-7-2-1-3-8-15/h1-3,6-10,13,18H,4-5,11-12,14H2,(H,21,23)/t18-/m1/s1. The van der Waals surface area contributed by atoms with Crippen LogP contribution < -0.4 is 5.32 Å². The Morgan fingerprint density at radius 1 is 1.09 bits per heavy atom. The maximum atomic E-state index is 12.4. The summed E-state index contributed by atoms with van der Waals surface area (Å²) in [5.74, 6) is 0.00337. The van der Waals surface area contributed by atoms with Crippen LogP contribution >= 0.6 is 22.6 Å². The lowest BCUT2D eigenvalue weighted by Gasteiger charge is -2.28. The Balaban J connectivity index is 1.70. The minimum Gasteiger partial charge on any atom is -0.350 e. The Bertz CT molecular complexity index is 653. The summed E-state index contributed by atoms with van der Waals surface area (Å²) < 4.78 is 1.08. The number of amides is 1. The third-order valence-corrected chi connectivity index (χ3v) is 4.98. The first-order valence-corrected chi connectivity index (χ1v) is 9.15. The zero-order valence-electron chi connectivity index (χ0n) is 13.0. The van der Waals surface area contributed by atoms with E-state index in [1.165, 1.54) is 18.4 Å². The van der Waals surface area contributed by atoms with Crippen molar-refractivity contribution in [1.29, 1.82) is 0 Å². The lowest BCUT2D eigenvalue weighted by molar-refractivity contribution is 0.0938. The SMILES string of the molecule is O=C(NC[C@H](c1ccccc1)N1CCCC1)c1cccc(I)c1. The highest BCUT2D eigenvalue weighted by Gasteiger charge is 2.23. The Kier molecular flexibility index (Phi) is 5.67. The van der Waals surface area contributed by atoms with E-state index in [2.05, 4.69) is 57.1 Å². The second kappa shape index (κ2) is 7.93. The van der Waals surface area contributed by atoms with Crippen LogP contribution in [0, 0.1) is 3.57 Å². The van der Waals surface area contributed by atoms with Gasteiger partial charge in [0.15, 0.2) is 0 Å². The Morgan fingerprint density at radius 2 is 1.83 bits per heavy atom. The number of likely N-dealkylation sites (tertiary alicyclic amines) is 1. The third-order valence-electron chi connectivity index (χ3n) is 4.31. The van der Waals surface area contributed by atoms with Crippen molar-refractivity contribution < 1.29 is 4.79 Å². The fourth-order valence-corrected chi connectivity index (χ4v) is 3.65. The molecule has 0 bridgehead atoms. The van der Waals surface area contributed by atoms with Crippen molar-refractivity contribution in [3.8, 4) is 0 Å². The summed E-state index contributed by atoms with van der Waals surface area (Å²) in [7, 11) is 0. The molecule has 3 rings (SSSR count). The van der Waals surface area contributed by atoms with Crippen molar-refractivity contribution in [3.05, 3.63) is 69.3 Å². The van der Waals surface area contributed by atoms with Crippen LogP contribution in [0.15, 0.2) is 54.6 Å². The average Bonchev–Trinajstić information content (AvgIpc) is 3.10. The summed E-state index contributed by atoms with van der Waals surface area (Å²) >= 11 is 2.23. The van der Waals surface area contributed by atoms with Gasteiger partial charge >= 0.3 is 0 Å². The number of hydrogen-bond acceptors (Lipinski definition) is 2. The van der Waals surface area contributed by atoms with E-state index in [1.807, 2.05) is 30.3 Å². The van der Waals surface area contributed by atoms with Crippen molar-refractivity contribution in [2.75, 3.05) is 19.6 Å². The molecule has 0 saturated carbocycles. The molecule has 2 aromatic rings. The fourth-order valence-electron chi connectivity index (χ4n) is 3.11. The first-order valence-electron chi connectivity index (χ1n) is 8.07. The smallest absolute Gasteiger partial charge is 0.251 e. The van der Waals surface area contributed by atoms with Crippen LogP contribution in [0.3, 0.4) is 0 Å². The highest BCUT2D eigenvalue weighted by Crippen LogP contribution is 2.24. The zero-order valence-corrected chi connectivity index (χ0v) is 15.2. The van der Waals surface area contributed by atoms with Gasteiger partial charge in [-0.05, 0) is 72.3 Å². The van der Waals surface area contributed by atoms with E-state index in [0.29, 0.717) is 6.54 Å². The molecule has 1 saturated heterocycles. The summed E-state index contributed by atoms with van der Waals surface area (Å²) in [6.07, 6.45) is 2.49. The van der Waals surface area contributed by atoms with Crippen molar-refractivity contribution in [2.24, 2.45) is 0 Å². The molecule has 1 N–H and O–H groups in total. The molecule has 120 valence electrons. The number of benzene rings is 2. The van der Waals surface area contributed by atoms with E-state index in [4.69, 9.17) is 0 Å². The summed E-state index contributed by atoms with van der Waals surface area (Å²) in [4.78, 5) is 14.9. The topological polar surface area (TPSA) is 32.3 Å². The molecule has 0 aliphatic carbocycles. The average molecular weight is 420 g/mol. The van der Waals surface area contributed by atoms with Crippen LogP contribution in [0.2, 0.25) is 0 Å².